The van der Waals surface area contributed by atoms with Crippen LogP contribution in [0, 0.1) is 13.8 Å². The Labute approximate surface area is 150 Å². The molecule has 0 heterocycles. The maximum Gasteiger partial charge on any atom is 0.416 e. The highest BCUT2D eigenvalue weighted by Gasteiger charge is 2.14. The minimum Gasteiger partial charge on any atom is -0.494 e. The summed E-state index contributed by atoms with van der Waals surface area (Å²) in [5.41, 5.74) is 2.97. The number of anilines is 1. The number of alkyl halides is 2. The Morgan fingerprint density at radius 2 is 1.88 bits per heavy atom. The van der Waals surface area contributed by atoms with Crippen molar-refractivity contribution in [1.82, 2.24) is 0 Å². The van der Waals surface area contributed by atoms with Gasteiger partial charge in [-0.15, -0.1) is 0 Å². The largest absolute Gasteiger partial charge is 0.494 e. The molecule has 2 rings (SSSR count). The molecule has 7 heteroatoms. The van der Waals surface area contributed by atoms with Gasteiger partial charge in [-0.1, -0.05) is 17.7 Å². The Bertz CT molecular complexity index is 765. The molecule has 0 aliphatic rings. The molecule has 0 unspecified atom stereocenters. The van der Waals surface area contributed by atoms with Crippen LogP contribution in [0.5, 0.6) is 11.5 Å². The summed E-state index contributed by atoms with van der Waals surface area (Å²) in [5, 5.41) is 2.29. The molecule has 26 heavy (non-hydrogen) atoms. The second-order valence-corrected chi connectivity index (χ2v) is 5.60. The van der Waals surface area contributed by atoms with Gasteiger partial charge in [0.2, 0.25) is 0 Å². The summed E-state index contributed by atoms with van der Waals surface area (Å²) in [6, 6.07) is 10.6. The van der Waals surface area contributed by atoms with Crippen LogP contribution < -0.4 is 14.8 Å². The Hall–Kier alpha value is -2.83. The second kappa shape index (κ2) is 9.03. The molecule has 2 aromatic carbocycles. The normalized spacial score (nSPS) is 10.5. The first-order valence-electron chi connectivity index (χ1n) is 8.10. The SMILES string of the molecule is CCOc1ccc(NC(=O)OC(F)F)c(COc2ccc(C)cc2C)c1. The third kappa shape index (κ3) is 5.61. The van der Waals surface area contributed by atoms with Gasteiger partial charge in [0.1, 0.15) is 18.1 Å². The molecule has 0 fully saturated rings. The number of nitrogens with one attached hydrogen (secondary N) is 1. The molecule has 0 aromatic heterocycles. The predicted octanol–water partition coefficient (Wildman–Crippen LogP) is 5.05. The third-order valence-electron chi connectivity index (χ3n) is 3.53. The number of carbonyl (C=O) groups is 1. The fourth-order valence-corrected chi connectivity index (χ4v) is 2.41. The number of halogens is 2. The summed E-state index contributed by atoms with van der Waals surface area (Å²) in [7, 11) is 0. The first-order chi connectivity index (χ1) is 12.4. The van der Waals surface area contributed by atoms with Crippen LogP contribution in [-0.2, 0) is 11.3 Å². The summed E-state index contributed by atoms with van der Waals surface area (Å²) in [6.07, 6.45) is -1.24. The van der Waals surface area contributed by atoms with E-state index in [1.54, 1.807) is 18.2 Å². The zero-order chi connectivity index (χ0) is 19.1. The molecule has 2 aromatic rings. The van der Waals surface area contributed by atoms with E-state index >= 15 is 0 Å². The molecule has 0 bridgehead atoms. The highest BCUT2D eigenvalue weighted by molar-refractivity contribution is 5.85. The molecule has 5 nitrogen and oxygen atoms in total. The Kier molecular flexibility index (Phi) is 6.77. The number of aryl methyl sites for hydroxylation is 2. The Balaban J connectivity index is 2.19. The lowest BCUT2D eigenvalue weighted by molar-refractivity contribution is -0.0766. The molecule has 0 aliphatic heterocycles. The van der Waals surface area contributed by atoms with Crippen molar-refractivity contribution < 1.29 is 27.8 Å². The quantitative estimate of drug-likeness (QED) is 0.746. The molecular formula is C19H21F2NO4. The van der Waals surface area contributed by atoms with E-state index in [0.717, 1.165) is 11.1 Å². The monoisotopic (exact) mass is 365 g/mol. The number of hydrogen-bond acceptors (Lipinski definition) is 4. The highest BCUT2D eigenvalue weighted by Crippen LogP contribution is 2.26. The fourth-order valence-electron chi connectivity index (χ4n) is 2.41. The van der Waals surface area contributed by atoms with E-state index in [1.807, 2.05) is 39.0 Å². The van der Waals surface area contributed by atoms with Crippen molar-refractivity contribution in [3.05, 3.63) is 53.1 Å². The molecule has 0 aliphatic carbocycles. The lowest BCUT2D eigenvalue weighted by atomic mass is 10.1. The van der Waals surface area contributed by atoms with E-state index in [4.69, 9.17) is 9.47 Å². The molecule has 0 spiro atoms. The summed E-state index contributed by atoms with van der Waals surface area (Å²) in [5.74, 6) is 1.28. The first kappa shape index (κ1) is 19.5. The number of benzene rings is 2. The average Bonchev–Trinajstić information content (AvgIpc) is 2.55. The molecule has 1 N–H and O–H groups in total. The van der Waals surface area contributed by atoms with E-state index in [0.29, 0.717) is 29.4 Å². The summed E-state index contributed by atoms with van der Waals surface area (Å²) in [4.78, 5) is 11.5. The van der Waals surface area contributed by atoms with E-state index in [1.165, 1.54) is 0 Å². The zero-order valence-corrected chi connectivity index (χ0v) is 14.8. The topological polar surface area (TPSA) is 56.8 Å². The first-order valence-corrected chi connectivity index (χ1v) is 8.10. The number of amides is 1. The number of carbonyl (C=O) groups excluding carboxylic acids is 1. The van der Waals surface area contributed by atoms with Gasteiger partial charge in [-0.25, -0.2) is 4.79 Å². The highest BCUT2D eigenvalue weighted by atomic mass is 19.3. The molecular weight excluding hydrogens is 344 g/mol. The van der Waals surface area contributed by atoms with Crippen LogP contribution in [0.4, 0.5) is 19.3 Å². The van der Waals surface area contributed by atoms with E-state index in [-0.39, 0.29) is 6.61 Å². The third-order valence-corrected chi connectivity index (χ3v) is 3.53. The minimum atomic E-state index is -3.19. The lowest BCUT2D eigenvalue weighted by Crippen LogP contribution is -2.18. The van der Waals surface area contributed by atoms with Crippen LogP contribution in [0.25, 0.3) is 0 Å². The van der Waals surface area contributed by atoms with Crippen LogP contribution in [-0.4, -0.2) is 19.3 Å². The van der Waals surface area contributed by atoms with E-state index in [9.17, 15) is 13.6 Å². The Morgan fingerprint density at radius 3 is 2.54 bits per heavy atom. The fraction of sp³-hybridized carbons (Fsp3) is 0.316. The van der Waals surface area contributed by atoms with Crippen molar-refractivity contribution in [1.29, 1.82) is 0 Å². The van der Waals surface area contributed by atoms with Gasteiger partial charge in [-0.3, -0.25) is 5.32 Å². The number of rotatable bonds is 7. The van der Waals surface area contributed by atoms with Crippen LogP contribution in [0.15, 0.2) is 36.4 Å². The van der Waals surface area contributed by atoms with Gasteiger partial charge in [0, 0.05) is 5.56 Å². The van der Waals surface area contributed by atoms with Gasteiger partial charge in [0.15, 0.2) is 0 Å². The van der Waals surface area contributed by atoms with Crippen molar-refractivity contribution in [2.45, 2.75) is 34.0 Å². The maximum atomic E-state index is 12.2. The smallest absolute Gasteiger partial charge is 0.416 e. The zero-order valence-electron chi connectivity index (χ0n) is 14.8. The van der Waals surface area contributed by atoms with Gasteiger partial charge in [0.25, 0.3) is 0 Å². The van der Waals surface area contributed by atoms with Crippen molar-refractivity contribution in [3.63, 3.8) is 0 Å². The lowest BCUT2D eigenvalue weighted by Gasteiger charge is -2.15. The van der Waals surface area contributed by atoms with Gasteiger partial charge in [-0.05, 0) is 50.6 Å². The van der Waals surface area contributed by atoms with Crippen LogP contribution in [0.2, 0.25) is 0 Å². The molecule has 140 valence electrons. The van der Waals surface area contributed by atoms with E-state index < -0.39 is 12.7 Å². The van der Waals surface area contributed by atoms with Crippen molar-refractivity contribution in [3.8, 4) is 11.5 Å². The van der Waals surface area contributed by atoms with Crippen LogP contribution >= 0.6 is 0 Å². The summed E-state index contributed by atoms with van der Waals surface area (Å²) in [6.45, 7) is 3.16. The second-order valence-electron chi connectivity index (χ2n) is 5.60. The number of ether oxygens (including phenoxy) is 3. The van der Waals surface area contributed by atoms with Gasteiger partial charge < -0.3 is 14.2 Å². The van der Waals surface area contributed by atoms with Gasteiger partial charge in [-0.2, -0.15) is 8.78 Å². The standard InChI is InChI=1S/C19H21F2NO4/c1-4-24-15-6-7-16(22-19(23)26-18(20)21)14(10-15)11-25-17-8-5-12(2)9-13(17)3/h5-10,18H,4,11H2,1-3H3,(H,22,23). The average molecular weight is 365 g/mol. The maximum absolute atomic E-state index is 12.2. The van der Waals surface area contributed by atoms with Crippen LogP contribution in [0.1, 0.15) is 23.6 Å². The predicted molar refractivity (Wildman–Crippen MR) is 94.0 cm³/mol. The molecule has 0 saturated carbocycles. The molecule has 0 atom stereocenters. The Morgan fingerprint density at radius 1 is 1.12 bits per heavy atom. The van der Waals surface area contributed by atoms with Gasteiger partial charge in [0.05, 0.1) is 12.3 Å². The van der Waals surface area contributed by atoms with Gasteiger partial charge >= 0.3 is 12.7 Å². The summed E-state index contributed by atoms with van der Waals surface area (Å²) >= 11 is 0. The van der Waals surface area contributed by atoms with Crippen LogP contribution in [0.3, 0.4) is 0 Å². The molecule has 1 amide bonds. The van der Waals surface area contributed by atoms with Crippen molar-refractivity contribution in [2.24, 2.45) is 0 Å². The van der Waals surface area contributed by atoms with E-state index in [2.05, 4.69) is 10.1 Å². The molecule has 0 saturated heterocycles. The minimum absolute atomic E-state index is 0.120. The molecule has 0 radical (unpaired) electrons. The number of hydrogen-bond donors (Lipinski definition) is 1. The van der Waals surface area contributed by atoms with Crippen molar-refractivity contribution >= 4 is 11.8 Å². The summed E-state index contributed by atoms with van der Waals surface area (Å²) < 4.78 is 39.4. The van der Waals surface area contributed by atoms with Crippen molar-refractivity contribution in [2.75, 3.05) is 11.9 Å².